The smallest absolute Gasteiger partial charge is 0.243 e. The van der Waals surface area contributed by atoms with E-state index in [1.165, 1.54) is 10.00 Å². The van der Waals surface area contributed by atoms with E-state index >= 15 is 0 Å². The van der Waals surface area contributed by atoms with Gasteiger partial charge >= 0.3 is 0 Å². The van der Waals surface area contributed by atoms with Crippen LogP contribution in [0.4, 0.5) is 0 Å². The summed E-state index contributed by atoms with van der Waals surface area (Å²) in [4.78, 5) is 4.91. The van der Waals surface area contributed by atoms with Crippen LogP contribution in [0.25, 0.3) is 0 Å². The molecule has 8 nitrogen and oxygen atoms in total. The number of hydrogen-bond acceptors (Lipinski definition) is 4. The molecule has 0 saturated heterocycles. The number of aliphatic imine (C=N–C) groups is 1. The Bertz CT molecular complexity index is 971. The number of nitrogens with one attached hydrogen (secondary N) is 2. The van der Waals surface area contributed by atoms with Crippen molar-refractivity contribution in [3.63, 3.8) is 0 Å². The first-order valence-electron chi connectivity index (χ1n) is 10.7. The molecule has 0 radical (unpaired) electrons. The summed E-state index contributed by atoms with van der Waals surface area (Å²) < 4.78 is 28.6. The van der Waals surface area contributed by atoms with Gasteiger partial charge in [0.05, 0.1) is 17.1 Å². The van der Waals surface area contributed by atoms with Crippen LogP contribution < -0.4 is 10.6 Å². The standard InChI is InChI=1S/C22H36N6O2S.HI/c1-7-23-22(24-13-8-14-28-19(5)15-18(4)26-28)25-16-20-9-11-21(12-10-20)31(29,30)27(6)17(2)3;/h9-12,15,17H,7-8,13-14,16H2,1-6H3,(H2,23,24,25);1H. The number of aryl methyl sites for hydroxylation is 3. The highest BCUT2D eigenvalue weighted by Gasteiger charge is 2.22. The number of benzene rings is 1. The van der Waals surface area contributed by atoms with Gasteiger partial charge in [-0.1, -0.05) is 12.1 Å². The Morgan fingerprint density at radius 3 is 2.38 bits per heavy atom. The molecule has 1 heterocycles. The van der Waals surface area contributed by atoms with E-state index in [0.29, 0.717) is 11.4 Å². The van der Waals surface area contributed by atoms with Crippen molar-refractivity contribution in [2.24, 2.45) is 4.99 Å². The van der Waals surface area contributed by atoms with Gasteiger partial charge in [-0.15, -0.1) is 24.0 Å². The first kappa shape index (κ1) is 28.4. The predicted octanol–water partition coefficient (Wildman–Crippen LogP) is 3.29. The van der Waals surface area contributed by atoms with E-state index in [1.54, 1.807) is 19.2 Å². The molecule has 0 aliphatic heterocycles. The summed E-state index contributed by atoms with van der Waals surface area (Å²) in [7, 11) is -1.87. The van der Waals surface area contributed by atoms with Crippen molar-refractivity contribution < 1.29 is 8.42 Å². The summed E-state index contributed by atoms with van der Waals surface area (Å²) in [5, 5.41) is 11.1. The van der Waals surface area contributed by atoms with Gasteiger partial charge in [-0.2, -0.15) is 9.40 Å². The van der Waals surface area contributed by atoms with E-state index in [9.17, 15) is 8.42 Å². The monoisotopic (exact) mass is 576 g/mol. The largest absolute Gasteiger partial charge is 0.357 e. The average molecular weight is 577 g/mol. The fraction of sp³-hybridized carbons (Fsp3) is 0.545. The Labute approximate surface area is 209 Å². The van der Waals surface area contributed by atoms with E-state index in [-0.39, 0.29) is 30.0 Å². The Morgan fingerprint density at radius 1 is 1.19 bits per heavy atom. The minimum absolute atomic E-state index is 0. The highest BCUT2D eigenvalue weighted by molar-refractivity contribution is 14.0. The van der Waals surface area contributed by atoms with Gasteiger partial charge in [0.15, 0.2) is 5.96 Å². The molecule has 2 aromatic rings. The van der Waals surface area contributed by atoms with Crippen LogP contribution in [-0.4, -0.2) is 54.6 Å². The lowest BCUT2D eigenvalue weighted by molar-refractivity contribution is 0.410. The molecule has 1 aromatic carbocycles. The van der Waals surface area contributed by atoms with Gasteiger partial charge in [-0.05, 0) is 64.8 Å². The summed E-state index contributed by atoms with van der Waals surface area (Å²) in [6.45, 7) is 12.7. The van der Waals surface area contributed by atoms with E-state index in [2.05, 4.69) is 33.7 Å². The molecule has 10 heteroatoms. The summed E-state index contributed by atoms with van der Waals surface area (Å²) in [5.74, 6) is 0.743. The number of aromatic nitrogens is 2. The molecule has 0 aliphatic carbocycles. The fourth-order valence-electron chi connectivity index (χ4n) is 3.06. The minimum atomic E-state index is -3.47. The van der Waals surface area contributed by atoms with Gasteiger partial charge in [0.25, 0.3) is 0 Å². The van der Waals surface area contributed by atoms with Gasteiger partial charge in [0.2, 0.25) is 10.0 Å². The molecule has 0 amide bonds. The van der Waals surface area contributed by atoms with Gasteiger partial charge in [-0.3, -0.25) is 4.68 Å². The van der Waals surface area contributed by atoms with E-state index in [1.807, 2.05) is 44.5 Å². The van der Waals surface area contributed by atoms with Crippen molar-refractivity contribution in [3.05, 3.63) is 47.3 Å². The Morgan fingerprint density at radius 2 is 1.84 bits per heavy atom. The fourth-order valence-corrected chi connectivity index (χ4v) is 4.43. The third-order valence-electron chi connectivity index (χ3n) is 5.03. The van der Waals surface area contributed by atoms with Crippen LogP contribution in [0.5, 0.6) is 0 Å². The van der Waals surface area contributed by atoms with Gasteiger partial charge in [-0.25, -0.2) is 13.4 Å². The Hall–Kier alpha value is -1.66. The molecular weight excluding hydrogens is 539 g/mol. The van der Waals surface area contributed by atoms with Gasteiger partial charge < -0.3 is 10.6 Å². The highest BCUT2D eigenvalue weighted by atomic mass is 127. The van der Waals surface area contributed by atoms with Crippen LogP contribution in [0, 0.1) is 13.8 Å². The second-order valence-corrected chi connectivity index (χ2v) is 9.88. The van der Waals surface area contributed by atoms with Crippen molar-refractivity contribution in [3.8, 4) is 0 Å². The molecule has 0 spiro atoms. The molecule has 0 fully saturated rings. The van der Waals surface area contributed by atoms with Crippen LogP contribution in [0.3, 0.4) is 0 Å². The molecule has 0 aliphatic rings. The summed E-state index contributed by atoms with van der Waals surface area (Å²) >= 11 is 0. The zero-order valence-corrected chi connectivity index (χ0v) is 23.1. The molecule has 0 atom stereocenters. The maximum absolute atomic E-state index is 12.6. The number of rotatable bonds is 10. The van der Waals surface area contributed by atoms with Crippen LogP contribution >= 0.6 is 24.0 Å². The lowest BCUT2D eigenvalue weighted by Gasteiger charge is -2.21. The zero-order chi connectivity index (χ0) is 23.0. The molecule has 0 bridgehead atoms. The lowest BCUT2D eigenvalue weighted by Crippen LogP contribution is -2.38. The van der Waals surface area contributed by atoms with E-state index < -0.39 is 10.0 Å². The first-order chi connectivity index (χ1) is 14.6. The third-order valence-corrected chi connectivity index (χ3v) is 7.08. The normalized spacial score (nSPS) is 12.2. The van der Waals surface area contributed by atoms with Crippen molar-refractivity contribution in [1.29, 1.82) is 0 Å². The van der Waals surface area contributed by atoms with Gasteiger partial charge in [0.1, 0.15) is 0 Å². The Kier molecular flexibility index (Phi) is 11.7. The molecule has 32 heavy (non-hydrogen) atoms. The van der Waals surface area contributed by atoms with Crippen molar-refractivity contribution in [2.45, 2.75) is 65.1 Å². The lowest BCUT2D eigenvalue weighted by atomic mass is 10.2. The predicted molar refractivity (Wildman–Crippen MR) is 141 cm³/mol. The number of nitrogens with zero attached hydrogens (tertiary/aromatic N) is 4. The summed E-state index contributed by atoms with van der Waals surface area (Å²) in [5.41, 5.74) is 3.16. The Balaban J connectivity index is 0.00000512. The second-order valence-electron chi connectivity index (χ2n) is 7.88. The van der Waals surface area contributed by atoms with Crippen molar-refractivity contribution in [1.82, 2.24) is 24.7 Å². The third kappa shape index (κ3) is 8.04. The minimum Gasteiger partial charge on any atom is -0.357 e. The molecule has 2 rings (SSSR count). The molecule has 0 saturated carbocycles. The van der Waals surface area contributed by atoms with Gasteiger partial charge in [0, 0.05) is 38.4 Å². The van der Waals surface area contributed by atoms with Crippen LogP contribution in [0.15, 0.2) is 40.2 Å². The first-order valence-corrected chi connectivity index (χ1v) is 12.2. The molecule has 2 N–H and O–H groups in total. The van der Waals surface area contributed by atoms with E-state index in [4.69, 9.17) is 0 Å². The van der Waals surface area contributed by atoms with E-state index in [0.717, 1.165) is 43.3 Å². The summed E-state index contributed by atoms with van der Waals surface area (Å²) in [6.07, 6.45) is 0.933. The maximum atomic E-state index is 12.6. The van der Waals surface area contributed by atoms with Crippen molar-refractivity contribution in [2.75, 3.05) is 20.1 Å². The molecule has 180 valence electrons. The van der Waals surface area contributed by atoms with Crippen LogP contribution in [0.1, 0.15) is 44.1 Å². The summed E-state index contributed by atoms with van der Waals surface area (Å²) in [6, 6.07) is 8.91. The second kappa shape index (κ2) is 13.1. The quantitative estimate of drug-likeness (QED) is 0.196. The number of halogens is 1. The average Bonchev–Trinajstić information content (AvgIpc) is 3.05. The molecular formula is C22H37IN6O2S. The maximum Gasteiger partial charge on any atom is 0.243 e. The molecule has 1 aromatic heterocycles. The zero-order valence-electron chi connectivity index (χ0n) is 19.9. The van der Waals surface area contributed by atoms with Crippen LogP contribution in [-0.2, 0) is 23.1 Å². The molecule has 0 unspecified atom stereocenters. The topological polar surface area (TPSA) is 91.6 Å². The highest BCUT2D eigenvalue weighted by Crippen LogP contribution is 2.17. The van der Waals surface area contributed by atoms with Crippen molar-refractivity contribution >= 4 is 40.0 Å². The van der Waals surface area contributed by atoms with Crippen LogP contribution in [0.2, 0.25) is 0 Å². The number of hydrogen-bond donors (Lipinski definition) is 2. The number of sulfonamides is 1. The number of guanidine groups is 1. The SMILES string of the molecule is CCNC(=NCc1ccc(S(=O)(=O)N(C)C(C)C)cc1)NCCCn1nc(C)cc1C.I.